The van der Waals surface area contributed by atoms with Gasteiger partial charge in [-0.3, -0.25) is 0 Å². The summed E-state index contributed by atoms with van der Waals surface area (Å²) in [6.45, 7) is 6.90. The maximum Gasteiger partial charge on any atom is 0.115 e. The first-order valence-electron chi connectivity index (χ1n) is 6.07. The zero-order valence-electron chi connectivity index (χ0n) is 11.2. The molecule has 0 unspecified atom stereocenters. The molecule has 0 bridgehead atoms. The molecule has 2 aromatic rings. The molecule has 0 saturated carbocycles. The van der Waals surface area contributed by atoms with E-state index in [1.807, 2.05) is 6.07 Å². The van der Waals surface area contributed by atoms with Gasteiger partial charge in [0.1, 0.15) is 5.82 Å². The van der Waals surface area contributed by atoms with Crippen LogP contribution < -0.4 is 0 Å². The summed E-state index contributed by atoms with van der Waals surface area (Å²) >= 11 is 12.1. The van der Waals surface area contributed by atoms with Crippen molar-refractivity contribution in [3.05, 3.63) is 28.0 Å². The van der Waals surface area contributed by atoms with E-state index in [2.05, 4.69) is 36.4 Å². The fourth-order valence-corrected chi connectivity index (χ4v) is 2.40. The molecule has 1 aromatic carbocycles. The first-order valence-corrected chi connectivity index (χ1v) is 6.83. The quantitative estimate of drug-likeness (QED) is 0.815. The van der Waals surface area contributed by atoms with Crippen LogP contribution in [0.2, 0.25) is 10.0 Å². The average molecular weight is 296 g/mol. The van der Waals surface area contributed by atoms with Crippen molar-refractivity contribution in [3.8, 4) is 6.07 Å². The number of benzene rings is 1. The van der Waals surface area contributed by atoms with Crippen LogP contribution in [0, 0.1) is 11.3 Å². The minimum Gasteiger partial charge on any atom is -0.326 e. The van der Waals surface area contributed by atoms with Gasteiger partial charge < -0.3 is 4.57 Å². The van der Waals surface area contributed by atoms with Crippen molar-refractivity contribution in [1.29, 1.82) is 5.26 Å². The normalized spacial score (nSPS) is 11.8. The summed E-state index contributed by atoms with van der Waals surface area (Å²) in [5, 5.41) is 9.81. The molecule has 1 heterocycles. The number of aryl methyl sites for hydroxylation is 1. The molecule has 0 saturated heterocycles. The Morgan fingerprint density at radius 1 is 1.26 bits per heavy atom. The standard InChI is InChI=1S/C14H15Cl2N3/c1-14(2,3)13-18-11-7-9(15)10(16)8-12(11)19(13)6-4-5-17/h7-8H,4,6H2,1-3H3. The molecule has 0 amide bonds. The van der Waals surface area contributed by atoms with Crippen molar-refractivity contribution >= 4 is 34.2 Å². The second kappa shape index (κ2) is 5.03. The van der Waals surface area contributed by atoms with E-state index in [9.17, 15) is 0 Å². The van der Waals surface area contributed by atoms with E-state index in [0.29, 0.717) is 23.0 Å². The van der Waals surface area contributed by atoms with Gasteiger partial charge in [0.2, 0.25) is 0 Å². The van der Waals surface area contributed by atoms with Gasteiger partial charge >= 0.3 is 0 Å². The van der Waals surface area contributed by atoms with Gasteiger partial charge in [-0.1, -0.05) is 44.0 Å². The fourth-order valence-electron chi connectivity index (χ4n) is 2.08. The van der Waals surface area contributed by atoms with Crippen LogP contribution in [0.15, 0.2) is 12.1 Å². The lowest BCUT2D eigenvalue weighted by molar-refractivity contribution is 0.506. The van der Waals surface area contributed by atoms with Crippen LogP contribution in [0.25, 0.3) is 11.0 Å². The molecule has 0 atom stereocenters. The van der Waals surface area contributed by atoms with Gasteiger partial charge in [0, 0.05) is 12.0 Å². The van der Waals surface area contributed by atoms with Crippen LogP contribution in [-0.4, -0.2) is 9.55 Å². The van der Waals surface area contributed by atoms with E-state index in [1.165, 1.54) is 0 Å². The van der Waals surface area contributed by atoms with Gasteiger partial charge in [-0.05, 0) is 12.1 Å². The third-order valence-electron chi connectivity index (χ3n) is 2.91. The first kappa shape index (κ1) is 14.2. The van der Waals surface area contributed by atoms with E-state index in [4.69, 9.17) is 28.5 Å². The number of imidazole rings is 1. The number of fused-ring (bicyclic) bond motifs is 1. The predicted molar refractivity (Wildman–Crippen MR) is 78.7 cm³/mol. The molecule has 100 valence electrons. The Kier molecular flexibility index (Phi) is 3.75. The molecule has 0 aliphatic heterocycles. The Labute approximate surface area is 122 Å². The molecule has 0 spiro atoms. The summed E-state index contributed by atoms with van der Waals surface area (Å²) in [5.74, 6) is 0.941. The Balaban J connectivity index is 2.71. The second-order valence-corrected chi connectivity index (χ2v) is 6.31. The highest BCUT2D eigenvalue weighted by Crippen LogP contribution is 2.32. The molecule has 0 radical (unpaired) electrons. The Bertz CT molecular complexity index is 660. The van der Waals surface area contributed by atoms with Crippen molar-refractivity contribution in [3.63, 3.8) is 0 Å². The molecule has 3 nitrogen and oxygen atoms in total. The lowest BCUT2D eigenvalue weighted by Gasteiger charge is -2.19. The highest BCUT2D eigenvalue weighted by molar-refractivity contribution is 6.42. The van der Waals surface area contributed by atoms with Gasteiger partial charge in [-0.15, -0.1) is 0 Å². The van der Waals surface area contributed by atoms with E-state index < -0.39 is 0 Å². The maximum atomic E-state index is 8.80. The molecular formula is C14H15Cl2N3. The van der Waals surface area contributed by atoms with Crippen molar-refractivity contribution < 1.29 is 0 Å². The van der Waals surface area contributed by atoms with E-state index >= 15 is 0 Å². The van der Waals surface area contributed by atoms with Crippen LogP contribution in [0.5, 0.6) is 0 Å². The highest BCUT2D eigenvalue weighted by Gasteiger charge is 2.23. The van der Waals surface area contributed by atoms with Gasteiger partial charge in [-0.25, -0.2) is 4.98 Å². The molecular weight excluding hydrogens is 281 g/mol. The SMILES string of the molecule is CC(C)(C)c1nc2cc(Cl)c(Cl)cc2n1CCC#N. The zero-order valence-corrected chi connectivity index (χ0v) is 12.7. The van der Waals surface area contributed by atoms with Gasteiger partial charge in [-0.2, -0.15) is 5.26 Å². The number of halogens is 2. The first-order chi connectivity index (χ1) is 8.84. The summed E-state index contributed by atoms with van der Waals surface area (Å²) in [6, 6.07) is 5.76. The van der Waals surface area contributed by atoms with Crippen LogP contribution >= 0.6 is 23.2 Å². The molecule has 0 fully saturated rings. The number of nitrogens with zero attached hydrogens (tertiary/aromatic N) is 3. The number of nitriles is 1. The Hall–Kier alpha value is -1.24. The average Bonchev–Trinajstić information content (AvgIpc) is 2.65. The summed E-state index contributed by atoms with van der Waals surface area (Å²) in [5.41, 5.74) is 1.64. The third-order valence-corrected chi connectivity index (χ3v) is 3.63. The molecule has 5 heteroatoms. The predicted octanol–water partition coefficient (Wildman–Crippen LogP) is 4.55. The molecule has 19 heavy (non-hydrogen) atoms. The molecule has 0 N–H and O–H groups in total. The number of hydrogen-bond acceptors (Lipinski definition) is 2. The number of hydrogen-bond donors (Lipinski definition) is 0. The Morgan fingerprint density at radius 2 is 1.89 bits per heavy atom. The summed E-state index contributed by atoms with van der Waals surface area (Å²) in [4.78, 5) is 4.65. The fraction of sp³-hybridized carbons (Fsp3) is 0.429. The van der Waals surface area contributed by atoms with Crippen molar-refractivity contribution in [2.45, 2.75) is 39.2 Å². The van der Waals surface area contributed by atoms with E-state index in [0.717, 1.165) is 16.9 Å². The van der Waals surface area contributed by atoms with E-state index in [1.54, 1.807) is 6.07 Å². The maximum absolute atomic E-state index is 8.80. The summed E-state index contributed by atoms with van der Waals surface area (Å²) in [7, 11) is 0. The zero-order chi connectivity index (χ0) is 14.2. The molecule has 0 aliphatic carbocycles. The van der Waals surface area contributed by atoms with Crippen molar-refractivity contribution in [2.75, 3.05) is 0 Å². The lowest BCUT2D eigenvalue weighted by Crippen LogP contribution is -2.19. The van der Waals surface area contributed by atoms with Crippen LogP contribution in [0.3, 0.4) is 0 Å². The smallest absolute Gasteiger partial charge is 0.115 e. The monoisotopic (exact) mass is 295 g/mol. The number of rotatable bonds is 2. The van der Waals surface area contributed by atoms with Crippen molar-refractivity contribution in [2.24, 2.45) is 0 Å². The summed E-state index contributed by atoms with van der Waals surface area (Å²) in [6.07, 6.45) is 0.439. The van der Waals surface area contributed by atoms with Crippen LogP contribution in [0.4, 0.5) is 0 Å². The molecule has 0 aliphatic rings. The van der Waals surface area contributed by atoms with Crippen molar-refractivity contribution in [1.82, 2.24) is 9.55 Å². The van der Waals surface area contributed by atoms with E-state index in [-0.39, 0.29) is 5.41 Å². The minimum absolute atomic E-state index is 0.104. The lowest BCUT2D eigenvalue weighted by atomic mass is 9.95. The molecule has 1 aromatic heterocycles. The highest BCUT2D eigenvalue weighted by atomic mass is 35.5. The Morgan fingerprint density at radius 3 is 2.47 bits per heavy atom. The van der Waals surface area contributed by atoms with Gasteiger partial charge in [0.25, 0.3) is 0 Å². The van der Waals surface area contributed by atoms with Crippen LogP contribution in [-0.2, 0) is 12.0 Å². The minimum atomic E-state index is -0.104. The third kappa shape index (κ3) is 2.70. The summed E-state index contributed by atoms with van der Waals surface area (Å²) < 4.78 is 2.06. The van der Waals surface area contributed by atoms with Crippen LogP contribution in [0.1, 0.15) is 33.0 Å². The molecule has 2 rings (SSSR count). The second-order valence-electron chi connectivity index (χ2n) is 5.50. The topological polar surface area (TPSA) is 41.6 Å². The largest absolute Gasteiger partial charge is 0.326 e. The van der Waals surface area contributed by atoms with Gasteiger partial charge in [0.15, 0.2) is 0 Å². The number of aromatic nitrogens is 2. The van der Waals surface area contributed by atoms with Gasteiger partial charge in [0.05, 0.1) is 33.6 Å².